The molecule has 0 aliphatic carbocycles. The molecule has 1 aliphatic heterocycles. The summed E-state index contributed by atoms with van der Waals surface area (Å²) in [6, 6.07) is 21.3. The molecule has 3 aromatic carbocycles. The zero-order valence-corrected chi connectivity index (χ0v) is 24.8. The van der Waals surface area contributed by atoms with E-state index in [1.54, 1.807) is 42.5 Å². The number of ether oxygens (including phenoxy) is 3. The highest BCUT2D eigenvalue weighted by Gasteiger charge is 2.39. The number of carbonyl (C=O) groups excluding carboxylic acids is 2. The molecule has 10 nitrogen and oxygen atoms in total. The van der Waals surface area contributed by atoms with Crippen LogP contribution in [0, 0.1) is 5.92 Å². The molecule has 0 radical (unpaired) electrons. The minimum absolute atomic E-state index is 0.0589. The standard InChI is InChI=1S/C33H40N2O8/c1-20-30(18-35(4)17-29(39)25-7-6-10-28(38)16-25)42-33(43-31(20)24-13-11-23(19-36)12-14-24)26-8-5-9-27(15-26)34-32(40)21(2)41-22(3)37/h5-16,20-21,29-31,33,36,38-39H,17-19H2,1-4H3,(H,34,40)/t20-,21+,29-,30+,31+,33+/m1/s1. The summed E-state index contributed by atoms with van der Waals surface area (Å²) in [5.74, 6) is -0.988. The zero-order chi connectivity index (χ0) is 31.1. The van der Waals surface area contributed by atoms with Crippen molar-refractivity contribution in [3.05, 3.63) is 95.1 Å². The summed E-state index contributed by atoms with van der Waals surface area (Å²) in [4.78, 5) is 25.8. The third-order valence-corrected chi connectivity index (χ3v) is 7.49. The van der Waals surface area contributed by atoms with Crippen LogP contribution in [0.2, 0.25) is 0 Å². The van der Waals surface area contributed by atoms with Crippen molar-refractivity contribution in [3.63, 3.8) is 0 Å². The summed E-state index contributed by atoms with van der Waals surface area (Å²) in [5.41, 5.74) is 3.54. The van der Waals surface area contributed by atoms with E-state index in [2.05, 4.69) is 12.2 Å². The maximum Gasteiger partial charge on any atom is 0.303 e. The summed E-state index contributed by atoms with van der Waals surface area (Å²) >= 11 is 0. The second-order valence-electron chi connectivity index (χ2n) is 11.0. The van der Waals surface area contributed by atoms with Crippen LogP contribution in [-0.4, -0.2) is 64.4 Å². The Balaban J connectivity index is 1.54. The van der Waals surface area contributed by atoms with Crippen molar-refractivity contribution in [3.8, 4) is 5.75 Å². The molecule has 1 fully saturated rings. The molecule has 0 saturated carbocycles. The summed E-state index contributed by atoms with van der Waals surface area (Å²) in [6.07, 6.45) is -3.17. The van der Waals surface area contributed by atoms with Gasteiger partial charge < -0.3 is 39.7 Å². The lowest BCUT2D eigenvalue weighted by atomic mass is 9.90. The number of hydrogen-bond donors (Lipinski definition) is 4. The van der Waals surface area contributed by atoms with Crippen molar-refractivity contribution >= 4 is 17.6 Å². The van der Waals surface area contributed by atoms with Crippen LogP contribution in [0.15, 0.2) is 72.8 Å². The highest BCUT2D eigenvalue weighted by molar-refractivity contribution is 5.95. The topological polar surface area (TPSA) is 138 Å². The maximum atomic E-state index is 12.5. The number of nitrogens with one attached hydrogen (secondary N) is 1. The van der Waals surface area contributed by atoms with Crippen LogP contribution >= 0.6 is 0 Å². The number of aliphatic hydroxyl groups is 2. The van der Waals surface area contributed by atoms with Crippen LogP contribution in [0.3, 0.4) is 0 Å². The van der Waals surface area contributed by atoms with Gasteiger partial charge in [0.05, 0.1) is 24.9 Å². The Labute approximate surface area is 251 Å². The van der Waals surface area contributed by atoms with E-state index in [-0.39, 0.29) is 30.5 Å². The molecular weight excluding hydrogens is 552 g/mol. The summed E-state index contributed by atoms with van der Waals surface area (Å²) in [6.45, 7) is 5.55. The quantitative estimate of drug-likeness (QED) is 0.241. The van der Waals surface area contributed by atoms with E-state index in [0.29, 0.717) is 29.9 Å². The lowest BCUT2D eigenvalue weighted by Gasteiger charge is -2.42. The van der Waals surface area contributed by atoms with Crippen LogP contribution in [0.4, 0.5) is 5.69 Å². The number of anilines is 1. The lowest BCUT2D eigenvalue weighted by Crippen LogP contribution is -2.44. The minimum Gasteiger partial charge on any atom is -0.508 e. The van der Waals surface area contributed by atoms with Gasteiger partial charge in [0.1, 0.15) is 5.75 Å². The van der Waals surface area contributed by atoms with Crippen molar-refractivity contribution in [2.45, 2.75) is 58.1 Å². The second-order valence-corrected chi connectivity index (χ2v) is 11.0. The first kappa shape index (κ1) is 32.1. The van der Waals surface area contributed by atoms with Crippen LogP contribution in [0.5, 0.6) is 5.75 Å². The monoisotopic (exact) mass is 592 g/mol. The zero-order valence-electron chi connectivity index (χ0n) is 24.8. The first-order valence-corrected chi connectivity index (χ1v) is 14.3. The number of likely N-dealkylation sites (N-methyl/N-ethyl adjacent to an activating group) is 1. The third-order valence-electron chi connectivity index (χ3n) is 7.49. The molecule has 0 unspecified atom stereocenters. The number of esters is 1. The fraction of sp³-hybridized carbons (Fsp3) is 0.394. The molecule has 0 aromatic heterocycles. The van der Waals surface area contributed by atoms with Gasteiger partial charge in [-0.3, -0.25) is 9.59 Å². The van der Waals surface area contributed by atoms with E-state index in [1.165, 1.54) is 13.8 Å². The average Bonchev–Trinajstić information content (AvgIpc) is 2.98. The predicted molar refractivity (Wildman–Crippen MR) is 160 cm³/mol. The molecule has 1 aliphatic rings. The van der Waals surface area contributed by atoms with E-state index in [4.69, 9.17) is 14.2 Å². The molecule has 230 valence electrons. The Hall–Kier alpha value is -3.80. The van der Waals surface area contributed by atoms with Crippen molar-refractivity contribution in [2.75, 3.05) is 25.5 Å². The van der Waals surface area contributed by atoms with Crippen molar-refractivity contribution in [1.29, 1.82) is 0 Å². The number of nitrogens with zero attached hydrogens (tertiary/aromatic N) is 1. The molecule has 0 bridgehead atoms. The lowest BCUT2D eigenvalue weighted by molar-refractivity contribution is -0.276. The summed E-state index contributed by atoms with van der Waals surface area (Å²) < 4.78 is 18.0. The molecule has 43 heavy (non-hydrogen) atoms. The van der Waals surface area contributed by atoms with Gasteiger partial charge in [-0.05, 0) is 54.9 Å². The van der Waals surface area contributed by atoms with Crippen LogP contribution in [0.1, 0.15) is 61.5 Å². The Morgan fingerprint density at radius 2 is 1.74 bits per heavy atom. The average molecular weight is 593 g/mol. The van der Waals surface area contributed by atoms with E-state index in [0.717, 1.165) is 11.1 Å². The molecule has 6 atom stereocenters. The first-order chi connectivity index (χ1) is 20.5. The largest absolute Gasteiger partial charge is 0.508 e. The van der Waals surface area contributed by atoms with Crippen molar-refractivity contribution < 1.29 is 39.1 Å². The van der Waals surface area contributed by atoms with E-state index < -0.39 is 30.4 Å². The minimum atomic E-state index is -0.953. The van der Waals surface area contributed by atoms with E-state index in [1.807, 2.05) is 42.3 Å². The van der Waals surface area contributed by atoms with Gasteiger partial charge in [0, 0.05) is 37.2 Å². The number of aliphatic hydroxyl groups excluding tert-OH is 2. The van der Waals surface area contributed by atoms with Gasteiger partial charge in [0.2, 0.25) is 0 Å². The van der Waals surface area contributed by atoms with Gasteiger partial charge in [-0.15, -0.1) is 0 Å². The van der Waals surface area contributed by atoms with Gasteiger partial charge >= 0.3 is 5.97 Å². The Bertz CT molecular complexity index is 1380. The Kier molecular flexibility index (Phi) is 10.9. The number of amides is 1. The molecule has 1 amide bonds. The van der Waals surface area contributed by atoms with Gasteiger partial charge in [-0.25, -0.2) is 0 Å². The third kappa shape index (κ3) is 8.62. The number of carbonyl (C=O) groups is 2. The predicted octanol–water partition coefficient (Wildman–Crippen LogP) is 4.23. The number of rotatable bonds is 11. The molecule has 0 spiro atoms. The number of benzene rings is 3. The molecule has 1 saturated heterocycles. The molecule has 4 rings (SSSR count). The SMILES string of the molecule is CC(=O)O[C@@H](C)C(=O)Nc1cccc([C@H]2O[C@@H](CN(C)C[C@@H](O)c3cccc(O)c3)[C@@H](C)[C@@H](c3ccc(CO)cc3)O2)c1. The number of hydrogen-bond acceptors (Lipinski definition) is 9. The molecular formula is C33H40N2O8. The number of phenols is 1. The highest BCUT2D eigenvalue weighted by atomic mass is 16.7. The van der Waals surface area contributed by atoms with Crippen LogP contribution in [0.25, 0.3) is 0 Å². The fourth-order valence-electron chi connectivity index (χ4n) is 5.15. The van der Waals surface area contributed by atoms with Crippen molar-refractivity contribution in [1.82, 2.24) is 4.90 Å². The maximum absolute atomic E-state index is 12.5. The summed E-state index contributed by atoms with van der Waals surface area (Å²) in [5, 5.41) is 32.9. The normalized spacial score (nSPS) is 21.7. The fourth-order valence-corrected chi connectivity index (χ4v) is 5.15. The van der Waals surface area contributed by atoms with Gasteiger partial charge in [-0.1, -0.05) is 55.5 Å². The highest BCUT2D eigenvalue weighted by Crippen LogP contribution is 2.42. The van der Waals surface area contributed by atoms with Gasteiger partial charge in [-0.2, -0.15) is 0 Å². The van der Waals surface area contributed by atoms with Crippen LogP contribution < -0.4 is 5.32 Å². The van der Waals surface area contributed by atoms with Gasteiger partial charge in [0.15, 0.2) is 12.4 Å². The Morgan fingerprint density at radius 1 is 1.02 bits per heavy atom. The molecule has 1 heterocycles. The summed E-state index contributed by atoms with van der Waals surface area (Å²) in [7, 11) is 1.90. The van der Waals surface area contributed by atoms with Crippen LogP contribution in [-0.2, 0) is 30.4 Å². The number of phenolic OH excluding ortho intramolecular Hbond substituents is 1. The first-order valence-electron chi connectivity index (χ1n) is 14.3. The molecule has 10 heteroatoms. The Morgan fingerprint density at radius 3 is 2.42 bits per heavy atom. The van der Waals surface area contributed by atoms with Gasteiger partial charge in [0.25, 0.3) is 5.91 Å². The molecule has 4 N–H and O–H groups in total. The smallest absolute Gasteiger partial charge is 0.303 e. The van der Waals surface area contributed by atoms with E-state index >= 15 is 0 Å². The van der Waals surface area contributed by atoms with E-state index in [9.17, 15) is 24.9 Å². The molecule has 3 aromatic rings. The number of aromatic hydroxyl groups is 1. The second kappa shape index (κ2) is 14.6. The van der Waals surface area contributed by atoms with Crippen molar-refractivity contribution in [2.24, 2.45) is 5.92 Å².